The summed E-state index contributed by atoms with van der Waals surface area (Å²) < 4.78 is 27.6. The van der Waals surface area contributed by atoms with Crippen molar-refractivity contribution >= 4 is 45.6 Å². The third kappa shape index (κ3) is 4.47. The molecule has 0 spiro atoms. The first-order valence-corrected chi connectivity index (χ1v) is 8.86. The van der Waals surface area contributed by atoms with Crippen LogP contribution < -0.4 is 10.5 Å². The van der Waals surface area contributed by atoms with Gasteiger partial charge in [-0.05, 0) is 30.9 Å². The minimum Gasteiger partial charge on any atom is -0.329 e. The number of sulfonamides is 1. The number of halogens is 3. The topological polar surface area (TPSA) is 72.2 Å². The molecule has 1 aromatic carbocycles. The van der Waals surface area contributed by atoms with Crippen molar-refractivity contribution in [3.05, 3.63) is 28.2 Å². The summed E-state index contributed by atoms with van der Waals surface area (Å²) in [5, 5.41) is 0.236. The van der Waals surface area contributed by atoms with Crippen LogP contribution in [0, 0.1) is 5.92 Å². The highest BCUT2D eigenvalue weighted by atomic mass is 35.5. The average molecular weight is 374 g/mol. The minimum atomic E-state index is -3.76. The van der Waals surface area contributed by atoms with Gasteiger partial charge in [-0.15, -0.1) is 12.4 Å². The fraction of sp³-hybridized carbons (Fsp3) is 0.538. The van der Waals surface area contributed by atoms with Crippen LogP contribution in [-0.2, 0) is 10.0 Å². The summed E-state index contributed by atoms with van der Waals surface area (Å²) >= 11 is 11.9. The Morgan fingerprint density at radius 2 is 1.76 bits per heavy atom. The number of benzene rings is 1. The van der Waals surface area contributed by atoms with Crippen LogP contribution in [0.2, 0.25) is 10.0 Å². The second-order valence-electron chi connectivity index (χ2n) is 5.06. The fourth-order valence-electron chi connectivity index (χ4n) is 2.69. The summed E-state index contributed by atoms with van der Waals surface area (Å²) in [6.45, 7) is 0.270. The van der Waals surface area contributed by atoms with Crippen LogP contribution in [0.5, 0.6) is 0 Å². The van der Waals surface area contributed by atoms with Gasteiger partial charge in [-0.1, -0.05) is 42.1 Å². The van der Waals surface area contributed by atoms with E-state index in [1.807, 2.05) is 0 Å². The van der Waals surface area contributed by atoms with Crippen molar-refractivity contribution in [2.24, 2.45) is 11.7 Å². The third-order valence-electron chi connectivity index (χ3n) is 3.72. The van der Waals surface area contributed by atoms with E-state index in [0.29, 0.717) is 0 Å². The highest BCUT2D eigenvalue weighted by molar-refractivity contribution is 7.89. The van der Waals surface area contributed by atoms with Gasteiger partial charge in [-0.2, -0.15) is 0 Å². The van der Waals surface area contributed by atoms with E-state index in [9.17, 15) is 8.42 Å². The highest BCUT2D eigenvalue weighted by Crippen LogP contribution is 2.31. The fourth-order valence-corrected chi connectivity index (χ4v) is 5.16. The molecule has 0 saturated heterocycles. The van der Waals surface area contributed by atoms with Crippen LogP contribution in [0.4, 0.5) is 0 Å². The van der Waals surface area contributed by atoms with Gasteiger partial charge >= 0.3 is 0 Å². The minimum absolute atomic E-state index is 0. The SMILES string of the molecule is Cl.NCC(NS(=O)(=O)c1c(Cl)cccc1Cl)C1CCCC1. The van der Waals surface area contributed by atoms with Crippen LogP contribution in [-0.4, -0.2) is 21.0 Å². The summed E-state index contributed by atoms with van der Waals surface area (Å²) in [6, 6.07) is 4.36. The Kier molecular flexibility index (Phi) is 7.24. The van der Waals surface area contributed by atoms with E-state index in [0.717, 1.165) is 25.7 Å². The molecule has 1 aliphatic rings. The van der Waals surface area contributed by atoms with Gasteiger partial charge in [0, 0.05) is 12.6 Å². The second kappa shape index (κ2) is 7.99. The molecule has 1 unspecified atom stereocenters. The Balaban J connectivity index is 0.00000220. The van der Waals surface area contributed by atoms with Crippen LogP contribution in [0.25, 0.3) is 0 Å². The first kappa shape index (κ1) is 19.0. The second-order valence-corrected chi connectivity index (χ2v) is 7.52. The first-order chi connectivity index (χ1) is 9.45. The molecule has 120 valence electrons. The molecule has 8 heteroatoms. The maximum atomic E-state index is 12.5. The number of rotatable bonds is 5. The molecule has 21 heavy (non-hydrogen) atoms. The molecule has 1 atom stereocenters. The van der Waals surface area contributed by atoms with Gasteiger partial charge in [0.1, 0.15) is 4.90 Å². The van der Waals surface area contributed by atoms with Crippen molar-refractivity contribution in [2.45, 2.75) is 36.6 Å². The quantitative estimate of drug-likeness (QED) is 0.832. The molecule has 1 aromatic rings. The number of nitrogens with two attached hydrogens (primary N) is 1. The Morgan fingerprint density at radius 1 is 1.24 bits per heavy atom. The molecule has 2 rings (SSSR count). The molecule has 0 heterocycles. The van der Waals surface area contributed by atoms with Gasteiger partial charge in [0.2, 0.25) is 10.0 Å². The Bertz CT molecular complexity index is 555. The van der Waals surface area contributed by atoms with Crippen LogP contribution >= 0.6 is 35.6 Å². The summed E-state index contributed by atoms with van der Waals surface area (Å²) in [6.07, 6.45) is 4.24. The van der Waals surface area contributed by atoms with Crippen LogP contribution in [0.1, 0.15) is 25.7 Å². The van der Waals surface area contributed by atoms with Gasteiger partial charge in [0.15, 0.2) is 0 Å². The maximum absolute atomic E-state index is 12.5. The summed E-state index contributed by atoms with van der Waals surface area (Å²) in [7, 11) is -3.76. The molecular formula is C13H19Cl3N2O2S. The molecule has 1 aliphatic carbocycles. The van der Waals surface area contributed by atoms with E-state index in [4.69, 9.17) is 28.9 Å². The van der Waals surface area contributed by atoms with Crippen molar-refractivity contribution in [1.82, 2.24) is 4.72 Å². The van der Waals surface area contributed by atoms with E-state index in [1.54, 1.807) is 6.07 Å². The molecule has 4 nitrogen and oxygen atoms in total. The molecule has 0 aromatic heterocycles. The molecule has 1 saturated carbocycles. The lowest BCUT2D eigenvalue weighted by Gasteiger charge is -2.23. The van der Waals surface area contributed by atoms with Gasteiger partial charge in [0.05, 0.1) is 10.0 Å². The van der Waals surface area contributed by atoms with Gasteiger partial charge in [0.25, 0.3) is 0 Å². The number of hydrogen-bond donors (Lipinski definition) is 2. The van der Waals surface area contributed by atoms with Crippen LogP contribution in [0.3, 0.4) is 0 Å². The zero-order valence-electron chi connectivity index (χ0n) is 11.4. The normalized spacial score (nSPS) is 17.5. The molecule has 0 radical (unpaired) electrons. The largest absolute Gasteiger partial charge is 0.329 e. The third-order valence-corrected chi connectivity index (χ3v) is 6.16. The lowest BCUT2D eigenvalue weighted by molar-refractivity contribution is 0.405. The van der Waals surface area contributed by atoms with E-state index < -0.39 is 10.0 Å². The van der Waals surface area contributed by atoms with Crippen molar-refractivity contribution in [2.75, 3.05) is 6.54 Å². The lowest BCUT2D eigenvalue weighted by Crippen LogP contribution is -2.44. The van der Waals surface area contributed by atoms with Gasteiger partial charge < -0.3 is 5.73 Å². The average Bonchev–Trinajstić information content (AvgIpc) is 2.89. The smallest absolute Gasteiger partial charge is 0.243 e. The van der Waals surface area contributed by atoms with Crippen molar-refractivity contribution < 1.29 is 8.42 Å². The summed E-state index contributed by atoms with van der Waals surface area (Å²) in [5.41, 5.74) is 5.72. The monoisotopic (exact) mass is 372 g/mol. The predicted octanol–water partition coefficient (Wildman–Crippen LogP) is 3.21. The predicted molar refractivity (Wildman–Crippen MR) is 88.8 cm³/mol. The summed E-state index contributed by atoms with van der Waals surface area (Å²) in [5.74, 6) is 0.288. The maximum Gasteiger partial charge on any atom is 0.243 e. The Labute approximate surface area is 141 Å². The zero-order chi connectivity index (χ0) is 14.8. The highest BCUT2D eigenvalue weighted by Gasteiger charge is 2.30. The van der Waals surface area contributed by atoms with E-state index >= 15 is 0 Å². The standard InChI is InChI=1S/C13H18Cl2N2O2S.ClH/c14-10-6-3-7-11(15)13(10)20(18,19)17-12(8-16)9-4-1-2-5-9;/h3,6-7,9,12,17H,1-2,4-5,8,16H2;1H. The lowest BCUT2D eigenvalue weighted by atomic mass is 9.99. The Morgan fingerprint density at radius 3 is 2.24 bits per heavy atom. The molecule has 1 fully saturated rings. The van der Waals surface area contributed by atoms with Crippen molar-refractivity contribution in [3.8, 4) is 0 Å². The van der Waals surface area contributed by atoms with E-state index in [1.165, 1.54) is 12.1 Å². The molecule has 0 amide bonds. The van der Waals surface area contributed by atoms with Gasteiger partial charge in [-0.3, -0.25) is 0 Å². The van der Waals surface area contributed by atoms with E-state index in [-0.39, 0.29) is 45.9 Å². The Hall–Kier alpha value is -0.0400. The molecular weight excluding hydrogens is 355 g/mol. The summed E-state index contributed by atoms with van der Waals surface area (Å²) in [4.78, 5) is -0.0696. The van der Waals surface area contributed by atoms with Crippen molar-refractivity contribution in [1.29, 1.82) is 0 Å². The number of nitrogens with one attached hydrogen (secondary N) is 1. The first-order valence-electron chi connectivity index (χ1n) is 6.62. The number of hydrogen-bond acceptors (Lipinski definition) is 3. The van der Waals surface area contributed by atoms with Crippen LogP contribution in [0.15, 0.2) is 23.1 Å². The molecule has 0 aliphatic heterocycles. The zero-order valence-corrected chi connectivity index (χ0v) is 14.5. The van der Waals surface area contributed by atoms with Gasteiger partial charge in [-0.25, -0.2) is 13.1 Å². The van der Waals surface area contributed by atoms with Crippen molar-refractivity contribution in [3.63, 3.8) is 0 Å². The van der Waals surface area contributed by atoms with E-state index in [2.05, 4.69) is 4.72 Å². The molecule has 0 bridgehead atoms. The molecule has 3 N–H and O–H groups in total.